The number of para-hydroxylation sites is 2. The van der Waals surface area contributed by atoms with Gasteiger partial charge in [-0.3, -0.25) is 9.36 Å². The molecule has 0 radical (unpaired) electrons. The van der Waals surface area contributed by atoms with Crippen LogP contribution in [-0.4, -0.2) is 28.2 Å². The van der Waals surface area contributed by atoms with E-state index in [2.05, 4.69) is 4.98 Å². The van der Waals surface area contributed by atoms with Crippen LogP contribution in [0, 0.1) is 0 Å². The third-order valence-corrected chi connectivity index (χ3v) is 5.18. The van der Waals surface area contributed by atoms with Crippen LogP contribution in [0.5, 0.6) is 5.75 Å². The molecule has 3 rings (SSSR count). The van der Waals surface area contributed by atoms with Crippen LogP contribution < -0.4 is 10.4 Å². The van der Waals surface area contributed by atoms with Crippen molar-refractivity contribution < 1.29 is 9.53 Å². The molecule has 0 atom stereocenters. The first kappa shape index (κ1) is 17.4. The molecule has 25 heavy (non-hydrogen) atoms. The van der Waals surface area contributed by atoms with Crippen molar-refractivity contribution in [1.82, 2.24) is 9.55 Å². The van der Waals surface area contributed by atoms with Crippen molar-refractivity contribution in [2.24, 2.45) is 0 Å². The van der Waals surface area contributed by atoms with Crippen molar-refractivity contribution in [2.75, 3.05) is 12.9 Å². The molecule has 5 nitrogen and oxygen atoms in total. The van der Waals surface area contributed by atoms with E-state index in [0.717, 1.165) is 28.1 Å². The molecule has 2 aromatic carbocycles. The molecule has 0 amide bonds. The van der Waals surface area contributed by atoms with E-state index in [1.807, 2.05) is 36.4 Å². The number of carbonyl (C=O) groups excluding carboxylic acids is 1. The third kappa shape index (κ3) is 3.79. The fourth-order valence-corrected chi connectivity index (χ4v) is 3.68. The summed E-state index contributed by atoms with van der Waals surface area (Å²) in [7, 11) is 1.61. The lowest BCUT2D eigenvalue weighted by Crippen LogP contribution is -2.17. The molecule has 0 spiro atoms. The van der Waals surface area contributed by atoms with Gasteiger partial charge in [0.25, 0.3) is 0 Å². The van der Waals surface area contributed by atoms with Gasteiger partial charge in [0.15, 0.2) is 5.78 Å². The van der Waals surface area contributed by atoms with Crippen molar-refractivity contribution >= 4 is 28.6 Å². The molecule has 0 aliphatic rings. The maximum atomic E-state index is 12.1. The highest BCUT2D eigenvalue weighted by Crippen LogP contribution is 2.30. The molecule has 0 bridgehead atoms. The molecule has 130 valence electrons. The number of aromatic nitrogens is 2. The van der Waals surface area contributed by atoms with Crippen LogP contribution in [0.3, 0.4) is 0 Å². The van der Waals surface area contributed by atoms with Gasteiger partial charge in [0.1, 0.15) is 5.75 Å². The summed E-state index contributed by atoms with van der Waals surface area (Å²) in [4.78, 5) is 27.4. The lowest BCUT2D eigenvalue weighted by Gasteiger charge is -2.09. The van der Waals surface area contributed by atoms with E-state index >= 15 is 0 Å². The van der Waals surface area contributed by atoms with Crippen LogP contribution in [0.1, 0.15) is 23.7 Å². The fraction of sp³-hybridized carbons (Fsp3) is 0.263. The van der Waals surface area contributed by atoms with Gasteiger partial charge in [-0.05, 0) is 43.4 Å². The molecule has 0 unspecified atom stereocenters. The van der Waals surface area contributed by atoms with E-state index in [4.69, 9.17) is 4.74 Å². The van der Waals surface area contributed by atoms with Crippen LogP contribution in [0.25, 0.3) is 11.0 Å². The van der Waals surface area contributed by atoms with E-state index in [9.17, 15) is 9.59 Å². The zero-order valence-electron chi connectivity index (χ0n) is 14.2. The predicted octanol–water partition coefficient (Wildman–Crippen LogP) is 3.72. The summed E-state index contributed by atoms with van der Waals surface area (Å²) >= 11 is 1.66. The van der Waals surface area contributed by atoms with Crippen molar-refractivity contribution in [2.45, 2.75) is 24.8 Å². The van der Waals surface area contributed by atoms with Crippen molar-refractivity contribution in [1.29, 1.82) is 0 Å². The second-order valence-electron chi connectivity index (χ2n) is 5.72. The Hall–Kier alpha value is -2.47. The molecule has 1 N–H and O–H groups in total. The van der Waals surface area contributed by atoms with Crippen LogP contribution in [0.4, 0.5) is 0 Å². The van der Waals surface area contributed by atoms with E-state index in [-0.39, 0.29) is 11.5 Å². The molecule has 6 heteroatoms. The highest BCUT2D eigenvalue weighted by Gasteiger charge is 2.09. The molecule has 0 aliphatic carbocycles. The Morgan fingerprint density at radius 3 is 2.80 bits per heavy atom. The van der Waals surface area contributed by atoms with Gasteiger partial charge in [-0.1, -0.05) is 18.2 Å². The molecule has 0 aliphatic heterocycles. The summed E-state index contributed by atoms with van der Waals surface area (Å²) in [5.74, 6) is 1.58. The van der Waals surface area contributed by atoms with Crippen molar-refractivity contribution in [3.05, 3.63) is 58.5 Å². The number of nitrogens with one attached hydrogen (secondary N) is 1. The number of methoxy groups -OCH3 is 1. The zero-order chi connectivity index (χ0) is 17.8. The number of aromatic amines is 1. The summed E-state index contributed by atoms with van der Waals surface area (Å²) in [5.41, 5.74) is 2.36. The Kier molecular flexibility index (Phi) is 5.28. The minimum absolute atomic E-state index is 0.0218. The maximum absolute atomic E-state index is 12.1. The number of rotatable bonds is 7. The first-order valence-corrected chi connectivity index (χ1v) is 9.08. The third-order valence-electron chi connectivity index (χ3n) is 4.04. The van der Waals surface area contributed by atoms with E-state index in [1.54, 1.807) is 36.4 Å². The number of ketones is 1. The smallest absolute Gasteiger partial charge is 0.326 e. The summed E-state index contributed by atoms with van der Waals surface area (Å²) < 4.78 is 7.15. The number of hydrogen-bond acceptors (Lipinski definition) is 4. The zero-order valence-corrected chi connectivity index (χ0v) is 15.1. The summed E-state index contributed by atoms with van der Waals surface area (Å²) in [6.45, 7) is 2.20. The molecular formula is C19H20N2O3S. The highest BCUT2D eigenvalue weighted by molar-refractivity contribution is 7.99. The normalized spacial score (nSPS) is 11.0. The number of ether oxygens (including phenoxy) is 1. The van der Waals surface area contributed by atoms with E-state index in [1.165, 1.54) is 0 Å². The highest BCUT2D eigenvalue weighted by atomic mass is 32.2. The number of Topliss-reactive ketones (excluding diaryl/α,β-unsaturated/α-hetero) is 1. The Morgan fingerprint density at radius 1 is 1.24 bits per heavy atom. The van der Waals surface area contributed by atoms with Gasteiger partial charge in [0.2, 0.25) is 0 Å². The minimum Gasteiger partial charge on any atom is -0.496 e. The van der Waals surface area contributed by atoms with Crippen molar-refractivity contribution in [3.63, 3.8) is 0 Å². The minimum atomic E-state index is -0.0745. The van der Waals surface area contributed by atoms with Crippen LogP contribution in [-0.2, 0) is 6.54 Å². The van der Waals surface area contributed by atoms with E-state index < -0.39 is 0 Å². The topological polar surface area (TPSA) is 64.1 Å². The van der Waals surface area contributed by atoms with Gasteiger partial charge < -0.3 is 9.72 Å². The second kappa shape index (κ2) is 7.61. The quantitative estimate of drug-likeness (QED) is 0.398. The fourth-order valence-electron chi connectivity index (χ4n) is 2.74. The molecule has 0 fully saturated rings. The molecule has 0 saturated heterocycles. The number of fused-ring (bicyclic) bond motifs is 1. The van der Waals surface area contributed by atoms with Gasteiger partial charge in [-0.15, -0.1) is 11.8 Å². The molecular weight excluding hydrogens is 336 g/mol. The number of hydrogen-bond donors (Lipinski definition) is 1. The number of benzene rings is 2. The Labute approximate surface area is 150 Å². The standard InChI is InChI=1S/C19H20N2O3S/c1-13(22)14-8-9-18(17(12-14)24-2)25-11-5-10-21-16-7-4-3-6-15(16)20-19(21)23/h3-4,6-9,12H,5,10-11H2,1-2H3,(H,20,23). The SMILES string of the molecule is COc1cc(C(C)=O)ccc1SCCCn1c(=O)[nH]c2ccccc21. The molecule has 3 aromatic rings. The Bertz CT molecular complexity index is 959. The van der Waals surface area contributed by atoms with E-state index in [0.29, 0.717) is 17.9 Å². The monoisotopic (exact) mass is 356 g/mol. The Morgan fingerprint density at radius 2 is 2.04 bits per heavy atom. The molecule has 1 heterocycles. The largest absolute Gasteiger partial charge is 0.496 e. The second-order valence-corrected chi connectivity index (χ2v) is 6.86. The maximum Gasteiger partial charge on any atom is 0.326 e. The lowest BCUT2D eigenvalue weighted by atomic mass is 10.1. The molecule has 1 aromatic heterocycles. The van der Waals surface area contributed by atoms with Gasteiger partial charge in [-0.2, -0.15) is 0 Å². The van der Waals surface area contributed by atoms with Gasteiger partial charge in [0, 0.05) is 17.0 Å². The average molecular weight is 356 g/mol. The number of thioether (sulfide) groups is 1. The average Bonchev–Trinajstić information content (AvgIpc) is 2.94. The van der Waals surface area contributed by atoms with Gasteiger partial charge in [0.05, 0.1) is 18.1 Å². The number of carbonyl (C=O) groups is 1. The van der Waals surface area contributed by atoms with Crippen LogP contribution in [0.2, 0.25) is 0 Å². The first-order valence-electron chi connectivity index (χ1n) is 8.09. The number of nitrogens with zero attached hydrogens (tertiary/aromatic N) is 1. The van der Waals surface area contributed by atoms with Crippen LogP contribution in [0.15, 0.2) is 52.2 Å². The van der Waals surface area contributed by atoms with Crippen LogP contribution >= 0.6 is 11.8 Å². The number of H-pyrrole nitrogens is 1. The Balaban J connectivity index is 1.64. The summed E-state index contributed by atoms with van der Waals surface area (Å²) in [5, 5.41) is 0. The predicted molar refractivity (Wildman–Crippen MR) is 101 cm³/mol. The van der Waals surface area contributed by atoms with Gasteiger partial charge >= 0.3 is 5.69 Å². The summed E-state index contributed by atoms with van der Waals surface area (Å²) in [6.07, 6.45) is 0.851. The number of aryl methyl sites for hydroxylation is 1. The lowest BCUT2D eigenvalue weighted by molar-refractivity contribution is 0.101. The number of imidazole rings is 1. The first-order chi connectivity index (χ1) is 12.1. The van der Waals surface area contributed by atoms with Crippen molar-refractivity contribution in [3.8, 4) is 5.75 Å². The molecule has 0 saturated carbocycles. The summed E-state index contributed by atoms with van der Waals surface area (Å²) in [6, 6.07) is 13.2. The van der Waals surface area contributed by atoms with Gasteiger partial charge in [-0.25, -0.2) is 4.79 Å².